The molecular weight excluding hydrogens is 667 g/mol. The summed E-state index contributed by atoms with van der Waals surface area (Å²) >= 11 is 4.33. The Labute approximate surface area is 286 Å². The number of pyridine rings is 3. The van der Waals surface area contributed by atoms with Crippen molar-refractivity contribution in [3.05, 3.63) is 133 Å². The molecule has 0 atom stereocenters. The van der Waals surface area contributed by atoms with Crippen LogP contribution in [0.1, 0.15) is 31.3 Å². The van der Waals surface area contributed by atoms with Crippen molar-refractivity contribution in [2.75, 3.05) is 0 Å². The highest BCUT2D eigenvalue weighted by Gasteiger charge is 2.13. The summed E-state index contributed by atoms with van der Waals surface area (Å²) in [5, 5.41) is 5.69. The Morgan fingerprint density at radius 1 is 0.500 bits per heavy atom. The van der Waals surface area contributed by atoms with E-state index in [0.29, 0.717) is 65.0 Å². The zero-order chi connectivity index (χ0) is 33.1. The second kappa shape index (κ2) is 15.6. The average molecular weight is 690 g/mol. The van der Waals surface area contributed by atoms with Crippen LogP contribution in [0, 0.1) is 0 Å². The van der Waals surface area contributed by atoms with Crippen molar-refractivity contribution in [2.24, 2.45) is 0 Å². The van der Waals surface area contributed by atoms with Crippen LogP contribution < -0.4 is 0 Å². The number of hydrogen-bond acceptors (Lipinski definition) is 12. The molecule has 0 amide bonds. The molecule has 0 fully saturated rings. The molecule has 0 aliphatic heterocycles. The van der Waals surface area contributed by atoms with Crippen molar-refractivity contribution in [2.45, 2.75) is 0 Å². The summed E-state index contributed by atoms with van der Waals surface area (Å²) in [5.74, 6) is 1.18. The van der Waals surface area contributed by atoms with Gasteiger partial charge >= 0.3 is 0 Å². The quantitative estimate of drug-likeness (QED) is 0.0631. The van der Waals surface area contributed by atoms with E-state index in [0.717, 1.165) is 25.8 Å². The molecule has 48 heavy (non-hydrogen) atoms. The van der Waals surface area contributed by atoms with E-state index in [9.17, 15) is 14.4 Å². The van der Waals surface area contributed by atoms with E-state index in [1.807, 2.05) is 76.8 Å². The van der Waals surface area contributed by atoms with Gasteiger partial charge in [0.25, 0.3) is 19.4 Å². The number of hydrogen-bond donors (Lipinski definition) is 0. The number of nitrogens with zero attached hydrogens (tertiary/aromatic N) is 3. The third kappa shape index (κ3) is 7.93. The number of carbonyl (C=O) groups is 3. The maximum absolute atomic E-state index is 11.4. The highest BCUT2D eigenvalue weighted by molar-refractivity contribution is 7.11. The van der Waals surface area contributed by atoms with Crippen LogP contribution in [0.4, 0.5) is 0 Å². The molecule has 6 aromatic rings. The van der Waals surface area contributed by atoms with E-state index < -0.39 is 0 Å². The van der Waals surface area contributed by atoms with Gasteiger partial charge in [0.05, 0.1) is 37.4 Å². The molecule has 0 N–H and O–H groups in total. The topological polar surface area (TPSA) is 118 Å². The van der Waals surface area contributed by atoms with E-state index >= 15 is 0 Å². The van der Waals surface area contributed by atoms with Gasteiger partial charge in [-0.1, -0.05) is 18.2 Å². The second-order valence-corrected chi connectivity index (χ2v) is 12.6. The summed E-state index contributed by atoms with van der Waals surface area (Å²) in [4.78, 5) is 50.4. The molecule has 0 aliphatic rings. The molecule has 236 valence electrons. The lowest BCUT2D eigenvalue weighted by atomic mass is 10.1. The summed E-state index contributed by atoms with van der Waals surface area (Å²) < 4.78 is 15.9. The van der Waals surface area contributed by atoms with E-state index in [1.54, 1.807) is 42.8 Å². The molecule has 6 aromatic heterocycles. The molecule has 6 heterocycles. The Balaban J connectivity index is 1.46. The van der Waals surface area contributed by atoms with Crippen molar-refractivity contribution in [3.63, 3.8) is 0 Å². The third-order valence-corrected chi connectivity index (χ3v) is 9.30. The van der Waals surface area contributed by atoms with Crippen LogP contribution in [-0.4, -0.2) is 34.4 Å². The Morgan fingerprint density at radius 3 is 1.23 bits per heavy atom. The van der Waals surface area contributed by atoms with Crippen molar-refractivity contribution < 1.29 is 28.6 Å². The van der Waals surface area contributed by atoms with E-state index in [-0.39, 0.29) is 0 Å². The number of ether oxygens (including phenoxy) is 3. The third-order valence-electron chi connectivity index (χ3n) is 6.65. The maximum Gasteiger partial charge on any atom is 0.298 e. The van der Waals surface area contributed by atoms with E-state index in [2.05, 4.69) is 9.97 Å². The molecule has 9 nitrogen and oxygen atoms in total. The predicted octanol–water partition coefficient (Wildman–Crippen LogP) is 8.40. The van der Waals surface area contributed by atoms with Crippen LogP contribution in [0.15, 0.2) is 101 Å². The van der Waals surface area contributed by atoms with Crippen molar-refractivity contribution in [3.8, 4) is 22.8 Å². The Bertz CT molecular complexity index is 2000. The Kier molecular flexibility index (Phi) is 10.5. The summed E-state index contributed by atoms with van der Waals surface area (Å²) in [7, 11) is 0. The van der Waals surface area contributed by atoms with Crippen LogP contribution in [0.3, 0.4) is 0 Å². The first kappa shape index (κ1) is 32.1. The molecule has 6 rings (SSSR count). The van der Waals surface area contributed by atoms with Gasteiger partial charge in [0.15, 0.2) is 0 Å². The van der Waals surface area contributed by atoms with Crippen molar-refractivity contribution >= 4 is 88.9 Å². The largest absolute Gasteiger partial charge is 0.427 e. The lowest BCUT2D eigenvalue weighted by Crippen LogP contribution is -1.96. The molecule has 0 saturated heterocycles. The van der Waals surface area contributed by atoms with E-state index in [1.165, 1.54) is 34.0 Å². The number of thiophene rings is 3. The fraction of sp³-hybridized carbons (Fsp3) is 0. The summed E-state index contributed by atoms with van der Waals surface area (Å²) in [6.45, 7) is 1.19. The monoisotopic (exact) mass is 689 g/mol. The summed E-state index contributed by atoms with van der Waals surface area (Å²) in [5.41, 5.74) is 4.27. The molecular formula is C36H23N3O6S3. The molecule has 0 aromatic carbocycles. The summed E-state index contributed by atoms with van der Waals surface area (Å²) in [6.07, 6.45) is 8.56. The highest BCUT2D eigenvalue weighted by atomic mass is 32.1. The molecule has 0 saturated carbocycles. The van der Waals surface area contributed by atoms with Crippen LogP contribution >= 0.6 is 34.0 Å². The van der Waals surface area contributed by atoms with Gasteiger partial charge in [0, 0.05) is 12.4 Å². The zero-order valence-corrected chi connectivity index (χ0v) is 27.2. The molecule has 0 spiro atoms. The molecule has 0 aliphatic carbocycles. The fourth-order valence-corrected chi connectivity index (χ4v) is 6.66. The van der Waals surface area contributed by atoms with Crippen LogP contribution in [0.5, 0.6) is 0 Å². The van der Waals surface area contributed by atoms with E-state index in [4.69, 9.17) is 19.2 Å². The van der Waals surface area contributed by atoms with Gasteiger partial charge in [-0.25, -0.2) is 4.98 Å². The first-order valence-corrected chi connectivity index (χ1v) is 16.8. The lowest BCUT2D eigenvalue weighted by Gasteiger charge is -2.10. The first-order valence-electron chi connectivity index (χ1n) is 14.2. The standard InChI is InChI=1S/C36H23N3O6S3/c40-21-43-31(34-4-1-11-46-34)18-24-7-9-37-27(14-24)29-16-26(20-33(45-23-42)36-6-3-13-48-36)17-30(39-29)28-15-25(8-10-38-28)19-32(44-22-41)35-5-2-12-47-35/h1-23H/b31-18+,32-19+,33-20+. The highest BCUT2D eigenvalue weighted by Crippen LogP contribution is 2.30. The van der Waals surface area contributed by atoms with Gasteiger partial charge in [-0.05, 0) is 106 Å². The number of carbonyl (C=O) groups excluding carboxylic acids is 3. The van der Waals surface area contributed by atoms with Crippen LogP contribution in [-0.2, 0) is 28.6 Å². The second-order valence-electron chi connectivity index (χ2n) is 9.72. The molecule has 0 radical (unpaired) electrons. The predicted molar refractivity (Wildman–Crippen MR) is 189 cm³/mol. The van der Waals surface area contributed by atoms with Gasteiger partial charge < -0.3 is 14.2 Å². The normalized spacial score (nSPS) is 12.0. The van der Waals surface area contributed by atoms with Crippen LogP contribution in [0.25, 0.3) is 58.3 Å². The van der Waals surface area contributed by atoms with Crippen molar-refractivity contribution in [1.82, 2.24) is 15.0 Å². The van der Waals surface area contributed by atoms with Gasteiger partial charge in [0.1, 0.15) is 17.3 Å². The molecule has 12 heteroatoms. The zero-order valence-electron chi connectivity index (χ0n) is 24.8. The molecule has 0 unspecified atom stereocenters. The van der Waals surface area contributed by atoms with Crippen molar-refractivity contribution in [1.29, 1.82) is 0 Å². The molecule has 0 bridgehead atoms. The Hall–Kier alpha value is -5.82. The minimum atomic E-state index is 0.371. The maximum atomic E-state index is 11.4. The first-order chi connectivity index (χ1) is 23.6. The van der Waals surface area contributed by atoms with Crippen LogP contribution in [0.2, 0.25) is 0 Å². The van der Waals surface area contributed by atoms with Gasteiger partial charge in [-0.15, -0.1) is 34.0 Å². The lowest BCUT2D eigenvalue weighted by molar-refractivity contribution is -0.123. The minimum absolute atomic E-state index is 0.371. The fourth-order valence-electron chi connectivity index (χ4n) is 4.61. The minimum Gasteiger partial charge on any atom is -0.427 e. The average Bonchev–Trinajstić information content (AvgIpc) is 3.93. The number of aromatic nitrogens is 3. The number of rotatable bonds is 14. The van der Waals surface area contributed by atoms with Gasteiger partial charge in [-0.2, -0.15) is 0 Å². The summed E-state index contributed by atoms with van der Waals surface area (Å²) in [6, 6.07) is 22.1. The SMILES string of the molecule is O=CO/C(=C/c1ccnc(-c2cc(/C=C(/OC=O)c3cccs3)cc(-c3cc(/C=C(/OC=O)c4cccs4)ccn3)n2)c1)c1cccs1. The Morgan fingerprint density at radius 2 is 0.875 bits per heavy atom. The smallest absolute Gasteiger partial charge is 0.298 e. The van der Waals surface area contributed by atoms with Gasteiger partial charge in [0.2, 0.25) is 0 Å². The van der Waals surface area contributed by atoms with Gasteiger partial charge in [-0.3, -0.25) is 24.4 Å².